The van der Waals surface area contributed by atoms with Crippen LogP contribution in [-0.4, -0.2) is 23.2 Å². The summed E-state index contributed by atoms with van der Waals surface area (Å²) >= 11 is -0.570. The topological polar surface area (TPSA) is 0 Å². The van der Waals surface area contributed by atoms with E-state index in [0.29, 0.717) is 0 Å². The van der Waals surface area contributed by atoms with Crippen molar-refractivity contribution in [2.75, 3.05) is 0 Å². The third kappa shape index (κ3) is 4.02. The van der Waals surface area contributed by atoms with Crippen LogP contribution in [0.2, 0.25) is 0 Å². The SMILES string of the molecule is [Cl-].[Cl-].[Cl-].[Zr+4].[c-]1ccc[c]2c1-c1cccc[c]1[Bi]2. The summed E-state index contributed by atoms with van der Waals surface area (Å²) in [6.07, 6.45) is 0. The molecule has 85 valence electrons. The van der Waals surface area contributed by atoms with Crippen LogP contribution in [0.15, 0.2) is 42.5 Å². The molecule has 0 atom stereocenters. The zero-order valence-electron chi connectivity index (χ0n) is 8.62. The molecular formula is C12H7BiCl3Zr. The second-order valence-corrected chi connectivity index (χ2v) is 7.67. The summed E-state index contributed by atoms with van der Waals surface area (Å²) in [5.41, 5.74) is 2.81. The van der Waals surface area contributed by atoms with Gasteiger partial charge in [-0.3, -0.25) is 0 Å². The maximum atomic E-state index is 3.35. The number of fused-ring (bicyclic) bond motifs is 3. The van der Waals surface area contributed by atoms with Crippen LogP contribution in [0.5, 0.6) is 0 Å². The maximum absolute atomic E-state index is 3.35. The zero-order valence-corrected chi connectivity index (χ0v) is 16.8. The van der Waals surface area contributed by atoms with Crippen molar-refractivity contribution in [1.29, 1.82) is 0 Å². The van der Waals surface area contributed by atoms with E-state index in [1.165, 1.54) is 11.1 Å². The molecule has 1 aliphatic heterocycles. The van der Waals surface area contributed by atoms with Crippen molar-refractivity contribution in [2.24, 2.45) is 0 Å². The molecule has 0 aliphatic carbocycles. The van der Waals surface area contributed by atoms with Gasteiger partial charge in [-0.1, -0.05) is 0 Å². The van der Waals surface area contributed by atoms with E-state index >= 15 is 0 Å². The van der Waals surface area contributed by atoms with Gasteiger partial charge in [-0.25, -0.2) is 0 Å². The molecule has 1 heterocycles. The second-order valence-electron chi connectivity index (χ2n) is 3.06. The molecule has 1 radical (unpaired) electrons. The second kappa shape index (κ2) is 9.06. The monoisotopic (exact) mass is 555 g/mol. The molecule has 17 heavy (non-hydrogen) atoms. The van der Waals surface area contributed by atoms with Crippen LogP contribution in [0.25, 0.3) is 11.1 Å². The Balaban J connectivity index is 0. The quantitative estimate of drug-likeness (QED) is 0.190. The van der Waals surface area contributed by atoms with E-state index in [-0.39, 0.29) is 63.4 Å². The average molecular weight is 558 g/mol. The van der Waals surface area contributed by atoms with Crippen molar-refractivity contribution >= 4 is 29.8 Å². The fraction of sp³-hybridized carbons (Fsp3) is 0. The van der Waals surface area contributed by atoms with E-state index in [2.05, 4.69) is 42.5 Å². The number of hydrogen-bond acceptors (Lipinski definition) is 0. The minimum absolute atomic E-state index is 0. The van der Waals surface area contributed by atoms with Gasteiger partial charge in [0.15, 0.2) is 0 Å². The molecule has 0 fully saturated rings. The molecule has 0 unspecified atom stereocenters. The van der Waals surface area contributed by atoms with Crippen LogP contribution in [0.3, 0.4) is 0 Å². The summed E-state index contributed by atoms with van der Waals surface area (Å²) < 4.78 is 3.20. The van der Waals surface area contributed by atoms with E-state index in [1.54, 1.807) is 6.54 Å². The number of hydrogen-bond donors (Lipinski definition) is 0. The van der Waals surface area contributed by atoms with Gasteiger partial charge >= 0.3 is 116 Å². The summed E-state index contributed by atoms with van der Waals surface area (Å²) in [4.78, 5) is 0. The molecule has 5 heteroatoms. The molecule has 0 aromatic heterocycles. The standard InChI is InChI=1S/C12H7.Bi.3ClH.Zr/c1-3-7-11(8-4-1)12-9-5-2-6-10-12;;;;;/h1-7H;;3*1H;/q-1;;;;;+4/p-3. The Morgan fingerprint density at radius 1 is 0.824 bits per heavy atom. The molecule has 0 amide bonds. The van der Waals surface area contributed by atoms with Crippen LogP contribution in [0.4, 0.5) is 0 Å². The van der Waals surface area contributed by atoms with Gasteiger partial charge < -0.3 is 37.2 Å². The first-order valence-electron chi connectivity index (χ1n) is 4.27. The molecule has 0 nitrogen and oxygen atoms in total. The van der Waals surface area contributed by atoms with Crippen LogP contribution < -0.4 is 43.8 Å². The fourth-order valence-corrected chi connectivity index (χ4v) is 6.25. The molecule has 0 N–H and O–H groups in total. The third-order valence-electron chi connectivity index (χ3n) is 2.25. The Labute approximate surface area is 151 Å². The normalized spacial score (nSPS) is 9.41. The van der Waals surface area contributed by atoms with Gasteiger partial charge in [0.05, 0.1) is 0 Å². The van der Waals surface area contributed by atoms with Gasteiger partial charge in [0, 0.05) is 0 Å². The van der Waals surface area contributed by atoms with Crippen LogP contribution in [-0.2, 0) is 26.2 Å². The Hall–Kier alpha value is 1.08. The predicted octanol–water partition coefficient (Wildman–Crippen LogP) is -7.87. The van der Waals surface area contributed by atoms with Gasteiger partial charge in [0.25, 0.3) is 0 Å². The fourth-order valence-electron chi connectivity index (χ4n) is 1.65. The summed E-state index contributed by atoms with van der Waals surface area (Å²) in [5.74, 6) is 0. The predicted molar refractivity (Wildman–Crippen MR) is 55.7 cm³/mol. The molecule has 0 spiro atoms. The van der Waals surface area contributed by atoms with Crippen molar-refractivity contribution in [3.8, 4) is 11.1 Å². The first-order chi connectivity index (χ1) is 6.45. The first-order valence-corrected chi connectivity index (χ1v) is 7.75. The molecule has 2 aromatic rings. The average Bonchev–Trinajstić information content (AvgIpc) is 2.56. The molecule has 2 aromatic carbocycles. The van der Waals surface area contributed by atoms with Gasteiger partial charge in [0.2, 0.25) is 0 Å². The van der Waals surface area contributed by atoms with Crippen molar-refractivity contribution in [3.63, 3.8) is 0 Å². The van der Waals surface area contributed by atoms with E-state index < -0.39 is 23.2 Å². The van der Waals surface area contributed by atoms with E-state index in [9.17, 15) is 0 Å². The molecule has 0 saturated heterocycles. The van der Waals surface area contributed by atoms with Crippen LogP contribution in [0, 0.1) is 6.07 Å². The van der Waals surface area contributed by atoms with Crippen molar-refractivity contribution in [2.45, 2.75) is 0 Å². The number of halogens is 3. The van der Waals surface area contributed by atoms with Crippen molar-refractivity contribution < 1.29 is 63.4 Å². The third-order valence-corrected chi connectivity index (χ3v) is 7.09. The Kier molecular flexibility index (Phi) is 10.9. The van der Waals surface area contributed by atoms with Crippen LogP contribution >= 0.6 is 0 Å². The number of rotatable bonds is 0. The Bertz CT molecular complexity index is 433. The summed E-state index contributed by atoms with van der Waals surface area (Å²) in [6.45, 7) is 0. The first kappa shape index (κ1) is 20.4. The molecule has 1 aliphatic rings. The Morgan fingerprint density at radius 2 is 1.47 bits per heavy atom. The number of benzene rings is 2. The van der Waals surface area contributed by atoms with Gasteiger partial charge in [-0.2, -0.15) is 0 Å². The van der Waals surface area contributed by atoms with Crippen molar-refractivity contribution in [3.05, 3.63) is 48.5 Å². The molecular weight excluding hydrogens is 551 g/mol. The minimum atomic E-state index is -0.570. The molecule has 3 rings (SSSR count). The van der Waals surface area contributed by atoms with E-state index in [1.807, 2.05) is 6.07 Å². The van der Waals surface area contributed by atoms with Gasteiger partial charge in [-0.05, 0) is 0 Å². The van der Waals surface area contributed by atoms with Crippen LogP contribution in [0.1, 0.15) is 0 Å². The molecule has 0 saturated carbocycles. The Morgan fingerprint density at radius 3 is 2.24 bits per heavy atom. The summed E-state index contributed by atoms with van der Waals surface area (Å²) in [5, 5.41) is 0. The molecule has 0 bridgehead atoms. The van der Waals surface area contributed by atoms with E-state index in [0.717, 1.165) is 0 Å². The summed E-state index contributed by atoms with van der Waals surface area (Å²) in [7, 11) is 0. The van der Waals surface area contributed by atoms with Crippen molar-refractivity contribution in [1.82, 2.24) is 0 Å². The van der Waals surface area contributed by atoms with Gasteiger partial charge in [0.1, 0.15) is 0 Å². The summed E-state index contributed by atoms with van der Waals surface area (Å²) in [6, 6.07) is 18.5. The van der Waals surface area contributed by atoms with Gasteiger partial charge in [-0.15, -0.1) is 0 Å². The van der Waals surface area contributed by atoms with E-state index in [4.69, 9.17) is 0 Å². The zero-order chi connectivity index (χ0) is 8.67.